The highest BCUT2D eigenvalue weighted by atomic mass is 16.5. The number of carbonyl (C=O) groups is 2. The Kier molecular flexibility index (Phi) is 7.16. The summed E-state index contributed by atoms with van der Waals surface area (Å²) in [5.41, 5.74) is 5.86. The second-order valence-corrected chi connectivity index (χ2v) is 8.73. The first-order valence-electron chi connectivity index (χ1n) is 11.6. The number of nitrogens with zero attached hydrogens (tertiary/aromatic N) is 2. The van der Waals surface area contributed by atoms with Crippen molar-refractivity contribution in [3.8, 4) is 5.75 Å². The van der Waals surface area contributed by atoms with E-state index in [1.165, 1.54) is 0 Å². The van der Waals surface area contributed by atoms with Gasteiger partial charge in [-0.25, -0.2) is 0 Å². The van der Waals surface area contributed by atoms with E-state index in [2.05, 4.69) is 10.2 Å². The summed E-state index contributed by atoms with van der Waals surface area (Å²) in [7, 11) is 0. The van der Waals surface area contributed by atoms with Crippen LogP contribution in [-0.2, 0) is 4.79 Å². The molecule has 0 unspecified atom stereocenters. The number of ether oxygens (including phenoxy) is 1. The molecule has 0 atom stereocenters. The minimum absolute atomic E-state index is 0.0387. The first-order chi connectivity index (χ1) is 16.4. The van der Waals surface area contributed by atoms with Crippen molar-refractivity contribution >= 4 is 23.2 Å². The molecule has 34 heavy (non-hydrogen) atoms. The van der Waals surface area contributed by atoms with E-state index in [9.17, 15) is 9.59 Å². The predicted octanol–water partition coefficient (Wildman–Crippen LogP) is 4.59. The van der Waals surface area contributed by atoms with Gasteiger partial charge in [0.25, 0.3) is 11.8 Å². The Morgan fingerprint density at radius 3 is 2.21 bits per heavy atom. The number of hydrogen-bond donors (Lipinski definition) is 1. The highest BCUT2D eigenvalue weighted by Gasteiger charge is 2.22. The molecule has 1 fully saturated rings. The van der Waals surface area contributed by atoms with E-state index in [0.29, 0.717) is 13.1 Å². The normalized spacial score (nSPS) is 13.5. The Morgan fingerprint density at radius 2 is 1.53 bits per heavy atom. The fourth-order valence-corrected chi connectivity index (χ4v) is 4.02. The summed E-state index contributed by atoms with van der Waals surface area (Å²) in [6, 6.07) is 21.3. The van der Waals surface area contributed by atoms with Crippen LogP contribution < -0.4 is 15.0 Å². The monoisotopic (exact) mass is 457 g/mol. The van der Waals surface area contributed by atoms with Gasteiger partial charge in [-0.05, 0) is 74.4 Å². The van der Waals surface area contributed by atoms with Crippen LogP contribution in [0.15, 0.2) is 66.7 Å². The minimum Gasteiger partial charge on any atom is -0.483 e. The zero-order chi connectivity index (χ0) is 24.1. The van der Waals surface area contributed by atoms with E-state index in [1.54, 1.807) is 0 Å². The molecule has 4 rings (SSSR count). The van der Waals surface area contributed by atoms with Gasteiger partial charge in [0.05, 0.1) is 0 Å². The number of piperazine rings is 1. The maximum atomic E-state index is 12.7. The van der Waals surface area contributed by atoms with E-state index in [4.69, 9.17) is 4.74 Å². The molecule has 1 saturated heterocycles. The van der Waals surface area contributed by atoms with Crippen LogP contribution in [0.3, 0.4) is 0 Å². The van der Waals surface area contributed by atoms with Gasteiger partial charge in [-0.15, -0.1) is 0 Å². The first kappa shape index (κ1) is 23.4. The van der Waals surface area contributed by atoms with Gasteiger partial charge in [0, 0.05) is 43.1 Å². The molecule has 0 saturated carbocycles. The van der Waals surface area contributed by atoms with Gasteiger partial charge >= 0.3 is 0 Å². The molecule has 176 valence electrons. The van der Waals surface area contributed by atoms with Crippen LogP contribution in [0.2, 0.25) is 0 Å². The van der Waals surface area contributed by atoms with Crippen LogP contribution in [0.4, 0.5) is 11.4 Å². The second-order valence-electron chi connectivity index (χ2n) is 8.73. The molecule has 0 aliphatic carbocycles. The van der Waals surface area contributed by atoms with Crippen LogP contribution >= 0.6 is 0 Å². The number of anilines is 2. The van der Waals surface area contributed by atoms with Crippen LogP contribution in [0.1, 0.15) is 27.0 Å². The van der Waals surface area contributed by atoms with Gasteiger partial charge < -0.3 is 19.9 Å². The summed E-state index contributed by atoms with van der Waals surface area (Å²) in [5, 5.41) is 2.89. The zero-order valence-corrected chi connectivity index (χ0v) is 20.0. The minimum atomic E-state index is -0.197. The number of amides is 2. The van der Waals surface area contributed by atoms with Crippen LogP contribution in [0.25, 0.3) is 0 Å². The molecule has 0 radical (unpaired) electrons. The average Bonchev–Trinajstić information content (AvgIpc) is 2.85. The molecule has 0 spiro atoms. The molecule has 1 aliphatic heterocycles. The maximum Gasteiger partial charge on any atom is 0.262 e. The molecule has 1 heterocycles. The highest BCUT2D eigenvalue weighted by molar-refractivity contribution is 5.94. The molecule has 3 aromatic rings. The van der Waals surface area contributed by atoms with Crippen molar-refractivity contribution in [1.82, 2.24) is 4.90 Å². The fourth-order valence-electron chi connectivity index (χ4n) is 4.02. The lowest BCUT2D eigenvalue weighted by atomic mass is 10.1. The lowest BCUT2D eigenvalue weighted by Gasteiger charge is -2.36. The van der Waals surface area contributed by atoms with E-state index in [0.717, 1.165) is 52.5 Å². The molecular weight excluding hydrogens is 426 g/mol. The van der Waals surface area contributed by atoms with Crippen LogP contribution in [0, 0.1) is 20.8 Å². The molecule has 1 aliphatic rings. The average molecular weight is 458 g/mol. The molecule has 2 amide bonds. The first-order valence-corrected chi connectivity index (χ1v) is 11.6. The third kappa shape index (κ3) is 5.57. The van der Waals surface area contributed by atoms with Crippen molar-refractivity contribution < 1.29 is 14.3 Å². The number of carbonyl (C=O) groups excluding carboxylic acids is 2. The largest absolute Gasteiger partial charge is 0.483 e. The summed E-state index contributed by atoms with van der Waals surface area (Å²) < 4.78 is 5.69. The van der Waals surface area contributed by atoms with Crippen molar-refractivity contribution in [2.45, 2.75) is 20.8 Å². The van der Waals surface area contributed by atoms with Crippen molar-refractivity contribution in [3.05, 3.63) is 89.0 Å². The van der Waals surface area contributed by atoms with Gasteiger partial charge in [0.1, 0.15) is 5.75 Å². The van der Waals surface area contributed by atoms with Gasteiger partial charge in [0.15, 0.2) is 6.61 Å². The standard InChI is InChI=1S/C28H31N3O3/c1-20-7-9-23(10-8-20)28(33)31-17-15-30(16-18-31)25-13-11-24(12-14-25)29-27(32)19-34-26-6-4-5-21(2)22(26)3/h4-14H,15-19H2,1-3H3,(H,29,32). The van der Waals surface area contributed by atoms with E-state index < -0.39 is 0 Å². The summed E-state index contributed by atoms with van der Waals surface area (Å²) in [5.74, 6) is 0.614. The van der Waals surface area contributed by atoms with Crippen molar-refractivity contribution in [3.63, 3.8) is 0 Å². The number of nitrogens with one attached hydrogen (secondary N) is 1. The van der Waals surface area contributed by atoms with Gasteiger partial charge in [-0.2, -0.15) is 0 Å². The molecule has 6 heteroatoms. The summed E-state index contributed by atoms with van der Waals surface area (Å²) >= 11 is 0. The lowest BCUT2D eigenvalue weighted by Crippen LogP contribution is -2.48. The SMILES string of the molecule is Cc1ccc(C(=O)N2CCN(c3ccc(NC(=O)COc4cccc(C)c4C)cc3)CC2)cc1. The van der Waals surface area contributed by atoms with E-state index in [1.807, 2.05) is 92.4 Å². The predicted molar refractivity (Wildman–Crippen MR) is 136 cm³/mol. The molecule has 0 aromatic heterocycles. The Balaban J connectivity index is 1.26. The van der Waals surface area contributed by atoms with Crippen molar-refractivity contribution in [2.24, 2.45) is 0 Å². The Hall–Kier alpha value is -3.80. The Labute approximate surface area is 201 Å². The van der Waals surface area contributed by atoms with Crippen molar-refractivity contribution in [2.75, 3.05) is 43.0 Å². The van der Waals surface area contributed by atoms with Gasteiger partial charge in [-0.3, -0.25) is 9.59 Å². The maximum absolute atomic E-state index is 12.7. The third-order valence-electron chi connectivity index (χ3n) is 6.30. The molecular formula is C28H31N3O3. The second kappa shape index (κ2) is 10.4. The third-order valence-corrected chi connectivity index (χ3v) is 6.30. The number of aryl methyl sites for hydroxylation is 2. The topological polar surface area (TPSA) is 61.9 Å². The van der Waals surface area contributed by atoms with Crippen molar-refractivity contribution in [1.29, 1.82) is 0 Å². The van der Waals surface area contributed by atoms with Crippen LogP contribution in [-0.4, -0.2) is 49.5 Å². The molecule has 3 aromatic carbocycles. The van der Waals surface area contributed by atoms with Crippen LogP contribution in [0.5, 0.6) is 5.75 Å². The number of rotatable bonds is 6. The molecule has 0 bridgehead atoms. The Bertz CT molecular complexity index is 1150. The lowest BCUT2D eigenvalue weighted by molar-refractivity contribution is -0.118. The summed E-state index contributed by atoms with van der Waals surface area (Å²) in [6.07, 6.45) is 0. The number of hydrogen-bond acceptors (Lipinski definition) is 4. The molecule has 1 N–H and O–H groups in total. The zero-order valence-electron chi connectivity index (χ0n) is 20.0. The molecule has 6 nitrogen and oxygen atoms in total. The number of benzene rings is 3. The van der Waals surface area contributed by atoms with Gasteiger partial charge in [-0.1, -0.05) is 29.8 Å². The van der Waals surface area contributed by atoms with Gasteiger partial charge in [0.2, 0.25) is 0 Å². The summed E-state index contributed by atoms with van der Waals surface area (Å²) in [4.78, 5) is 29.2. The Morgan fingerprint density at radius 1 is 0.853 bits per heavy atom. The fraction of sp³-hybridized carbons (Fsp3) is 0.286. The summed E-state index contributed by atoms with van der Waals surface area (Å²) in [6.45, 7) is 8.89. The highest BCUT2D eigenvalue weighted by Crippen LogP contribution is 2.22. The van der Waals surface area contributed by atoms with E-state index >= 15 is 0 Å². The smallest absolute Gasteiger partial charge is 0.262 e. The quantitative estimate of drug-likeness (QED) is 0.588. The van der Waals surface area contributed by atoms with E-state index in [-0.39, 0.29) is 18.4 Å².